The Hall–Kier alpha value is -1.25. The van der Waals surface area contributed by atoms with Gasteiger partial charge in [0.1, 0.15) is 6.07 Å². The van der Waals surface area contributed by atoms with Crippen molar-refractivity contribution in [2.24, 2.45) is 5.73 Å². The van der Waals surface area contributed by atoms with Gasteiger partial charge in [-0.2, -0.15) is 5.26 Å². The van der Waals surface area contributed by atoms with Gasteiger partial charge in [-0.25, -0.2) is 0 Å². The smallest absolute Gasteiger partial charge is 0.181 e. The zero-order valence-corrected chi connectivity index (χ0v) is 13.7. The molecule has 0 aliphatic heterocycles. The van der Waals surface area contributed by atoms with Gasteiger partial charge in [0.05, 0.1) is 11.1 Å². The number of benzene rings is 1. The van der Waals surface area contributed by atoms with E-state index in [9.17, 15) is 0 Å². The summed E-state index contributed by atoms with van der Waals surface area (Å²) in [5, 5.41) is 8.87. The lowest BCUT2D eigenvalue weighted by Crippen LogP contribution is -2.21. The summed E-state index contributed by atoms with van der Waals surface area (Å²) >= 11 is 3.48. The summed E-state index contributed by atoms with van der Waals surface area (Å²) in [5.41, 5.74) is 7.08. The molecule has 20 heavy (non-hydrogen) atoms. The molecule has 0 saturated heterocycles. The van der Waals surface area contributed by atoms with Crippen molar-refractivity contribution < 1.29 is 9.47 Å². The molecule has 0 saturated carbocycles. The molecule has 0 aliphatic rings. The monoisotopic (exact) mass is 340 g/mol. The third-order valence-electron chi connectivity index (χ3n) is 2.87. The molecule has 0 radical (unpaired) electrons. The summed E-state index contributed by atoms with van der Waals surface area (Å²) in [6.45, 7) is 6.21. The molecule has 2 unspecified atom stereocenters. The molecule has 2 N–H and O–H groups in total. The largest absolute Gasteiger partial charge is 0.490 e. The Balaban J connectivity index is 3.08. The van der Waals surface area contributed by atoms with Crippen LogP contribution in [0.15, 0.2) is 16.6 Å². The molecule has 0 fully saturated rings. The van der Waals surface area contributed by atoms with Crippen LogP contribution in [0.5, 0.6) is 11.5 Å². The molecule has 5 heteroatoms. The van der Waals surface area contributed by atoms with Crippen LogP contribution >= 0.6 is 15.9 Å². The maximum absolute atomic E-state index is 8.87. The minimum absolute atomic E-state index is 0.126. The van der Waals surface area contributed by atoms with E-state index in [1.165, 1.54) is 0 Å². The van der Waals surface area contributed by atoms with Crippen molar-refractivity contribution in [1.82, 2.24) is 0 Å². The molecule has 1 aromatic rings. The summed E-state index contributed by atoms with van der Waals surface area (Å²) in [5.74, 6) is 1.21. The fourth-order valence-electron chi connectivity index (χ4n) is 1.77. The van der Waals surface area contributed by atoms with E-state index in [0.29, 0.717) is 18.1 Å². The first-order valence-corrected chi connectivity index (χ1v) is 7.58. The molecule has 0 aromatic heterocycles. The summed E-state index contributed by atoms with van der Waals surface area (Å²) < 4.78 is 12.0. The molecule has 4 nitrogen and oxygen atoms in total. The van der Waals surface area contributed by atoms with E-state index in [-0.39, 0.29) is 6.04 Å². The third kappa shape index (κ3) is 4.69. The van der Waals surface area contributed by atoms with Crippen molar-refractivity contribution in [2.45, 2.75) is 45.8 Å². The van der Waals surface area contributed by atoms with Crippen molar-refractivity contribution in [3.8, 4) is 17.6 Å². The average Bonchev–Trinajstić information content (AvgIpc) is 2.42. The van der Waals surface area contributed by atoms with Gasteiger partial charge in [0, 0.05) is 6.04 Å². The molecule has 0 spiro atoms. The number of nitrogens with two attached hydrogens (primary N) is 1. The predicted octanol–water partition coefficient (Wildman–Crippen LogP) is 3.42. The maximum Gasteiger partial charge on any atom is 0.181 e. The zero-order chi connectivity index (χ0) is 15.1. The molecular weight excluding hydrogens is 320 g/mol. The fourth-order valence-corrected chi connectivity index (χ4v) is 2.35. The van der Waals surface area contributed by atoms with Crippen LogP contribution in [0.25, 0.3) is 0 Å². The Morgan fingerprint density at radius 1 is 1.40 bits per heavy atom. The Morgan fingerprint density at radius 2 is 2.10 bits per heavy atom. The average molecular weight is 341 g/mol. The molecule has 1 aromatic carbocycles. The molecule has 0 heterocycles. The number of nitrogens with zero attached hydrogens (tertiary/aromatic N) is 1. The summed E-state index contributed by atoms with van der Waals surface area (Å²) in [6.07, 6.45) is 1.17. The Labute approximate surface area is 129 Å². The lowest BCUT2D eigenvalue weighted by atomic mass is 10.0. The van der Waals surface area contributed by atoms with Crippen molar-refractivity contribution in [3.05, 3.63) is 22.2 Å². The topological polar surface area (TPSA) is 68.3 Å². The van der Waals surface area contributed by atoms with Crippen molar-refractivity contribution in [3.63, 3.8) is 0 Å². The van der Waals surface area contributed by atoms with Crippen LogP contribution < -0.4 is 15.2 Å². The van der Waals surface area contributed by atoms with Gasteiger partial charge in [-0.1, -0.05) is 6.92 Å². The van der Waals surface area contributed by atoms with E-state index in [4.69, 9.17) is 20.5 Å². The van der Waals surface area contributed by atoms with Crippen LogP contribution in [0.1, 0.15) is 32.8 Å². The van der Waals surface area contributed by atoms with Gasteiger partial charge in [-0.05, 0) is 60.3 Å². The van der Waals surface area contributed by atoms with E-state index in [2.05, 4.69) is 22.9 Å². The van der Waals surface area contributed by atoms with Gasteiger partial charge in [-0.15, -0.1) is 0 Å². The number of ether oxygens (including phenoxy) is 2. The minimum Gasteiger partial charge on any atom is -0.490 e. The van der Waals surface area contributed by atoms with Gasteiger partial charge >= 0.3 is 0 Å². The minimum atomic E-state index is -0.533. The normalized spacial score (nSPS) is 13.4. The second-order valence-corrected chi connectivity index (χ2v) is 5.45. The highest BCUT2D eigenvalue weighted by Crippen LogP contribution is 2.37. The predicted molar refractivity (Wildman–Crippen MR) is 83.0 cm³/mol. The van der Waals surface area contributed by atoms with Gasteiger partial charge in [0.15, 0.2) is 17.6 Å². The van der Waals surface area contributed by atoms with E-state index < -0.39 is 6.10 Å². The lowest BCUT2D eigenvalue weighted by Gasteiger charge is -2.17. The Bertz CT molecular complexity index is 485. The van der Waals surface area contributed by atoms with Crippen molar-refractivity contribution >= 4 is 15.9 Å². The molecule has 0 aliphatic carbocycles. The van der Waals surface area contributed by atoms with Crippen LogP contribution in [-0.2, 0) is 6.42 Å². The summed E-state index contributed by atoms with van der Waals surface area (Å²) in [6, 6.07) is 6.08. The van der Waals surface area contributed by atoms with Gasteiger partial charge in [-0.3, -0.25) is 0 Å². The molecule has 0 amide bonds. The highest BCUT2D eigenvalue weighted by atomic mass is 79.9. The molecule has 0 bridgehead atoms. The molecule has 110 valence electrons. The van der Waals surface area contributed by atoms with Gasteiger partial charge < -0.3 is 15.2 Å². The van der Waals surface area contributed by atoms with Crippen molar-refractivity contribution in [2.75, 3.05) is 6.61 Å². The highest BCUT2D eigenvalue weighted by Gasteiger charge is 2.15. The van der Waals surface area contributed by atoms with Crippen LogP contribution in [0.4, 0.5) is 0 Å². The fraction of sp³-hybridized carbons (Fsp3) is 0.533. The standard InChI is InChI=1S/C15H21BrN2O2/c1-4-12(18)6-11-7-13(16)15(20-10(3)9-17)14(8-11)19-5-2/h7-8,10,12H,4-6,18H2,1-3H3. The first-order valence-electron chi connectivity index (χ1n) is 6.78. The molecular formula is C15H21BrN2O2. The van der Waals surface area contributed by atoms with Crippen LogP contribution in [0.2, 0.25) is 0 Å². The Morgan fingerprint density at radius 3 is 2.65 bits per heavy atom. The van der Waals surface area contributed by atoms with Crippen LogP contribution in [-0.4, -0.2) is 18.8 Å². The first kappa shape index (κ1) is 16.8. The zero-order valence-electron chi connectivity index (χ0n) is 12.1. The highest BCUT2D eigenvalue weighted by molar-refractivity contribution is 9.10. The third-order valence-corrected chi connectivity index (χ3v) is 3.46. The second-order valence-electron chi connectivity index (χ2n) is 4.60. The number of nitriles is 1. The molecule has 2 atom stereocenters. The molecule has 1 rings (SSSR count). The van der Waals surface area contributed by atoms with E-state index in [1.807, 2.05) is 25.1 Å². The van der Waals surface area contributed by atoms with Gasteiger partial charge in [0.2, 0.25) is 0 Å². The quantitative estimate of drug-likeness (QED) is 0.825. The number of hydrogen-bond donors (Lipinski definition) is 1. The SMILES string of the molecule is CCOc1cc(CC(N)CC)cc(Br)c1OC(C)C#N. The first-order chi connectivity index (χ1) is 9.51. The van der Waals surface area contributed by atoms with E-state index in [0.717, 1.165) is 22.9 Å². The Kier molecular flexibility index (Phi) is 6.83. The lowest BCUT2D eigenvalue weighted by molar-refractivity contribution is 0.248. The van der Waals surface area contributed by atoms with E-state index in [1.54, 1.807) is 6.92 Å². The summed E-state index contributed by atoms with van der Waals surface area (Å²) in [7, 11) is 0. The van der Waals surface area contributed by atoms with Crippen molar-refractivity contribution in [1.29, 1.82) is 5.26 Å². The van der Waals surface area contributed by atoms with E-state index >= 15 is 0 Å². The van der Waals surface area contributed by atoms with Crippen LogP contribution in [0, 0.1) is 11.3 Å². The number of rotatable bonds is 7. The van der Waals surface area contributed by atoms with Crippen LogP contribution in [0.3, 0.4) is 0 Å². The maximum atomic E-state index is 8.87. The summed E-state index contributed by atoms with van der Waals surface area (Å²) in [4.78, 5) is 0. The van der Waals surface area contributed by atoms with Gasteiger partial charge in [0.25, 0.3) is 0 Å². The number of hydrogen-bond acceptors (Lipinski definition) is 4. The second kappa shape index (κ2) is 8.13. The number of halogens is 1.